The van der Waals surface area contributed by atoms with Gasteiger partial charge in [-0.15, -0.1) is 11.3 Å². The summed E-state index contributed by atoms with van der Waals surface area (Å²) >= 11 is 7.30. The maximum absolute atomic E-state index is 13.0. The first-order chi connectivity index (χ1) is 12.1. The number of aromatic nitrogens is 2. The predicted molar refractivity (Wildman–Crippen MR) is 101 cm³/mol. The first-order valence-corrected chi connectivity index (χ1v) is 8.74. The molecular weight excluding hydrogens is 358 g/mol. The second kappa shape index (κ2) is 6.31. The third-order valence-corrected chi connectivity index (χ3v) is 4.85. The molecule has 0 fully saturated rings. The first kappa shape index (κ1) is 15.8. The lowest BCUT2D eigenvalue weighted by atomic mass is 10.2. The monoisotopic (exact) mass is 369 g/mol. The number of fused-ring (bicyclic) bond motifs is 1. The van der Waals surface area contributed by atoms with Gasteiger partial charge in [-0.25, -0.2) is 4.98 Å². The van der Waals surface area contributed by atoms with Crippen molar-refractivity contribution in [3.8, 4) is 11.3 Å². The van der Waals surface area contributed by atoms with E-state index in [2.05, 4.69) is 10.1 Å². The van der Waals surface area contributed by atoms with Gasteiger partial charge < -0.3 is 4.42 Å². The first-order valence-electron chi connectivity index (χ1n) is 7.48. The highest BCUT2D eigenvalue weighted by Crippen LogP contribution is 2.31. The van der Waals surface area contributed by atoms with Crippen molar-refractivity contribution in [1.82, 2.24) is 9.66 Å². The average molecular weight is 370 g/mol. The van der Waals surface area contributed by atoms with Crippen LogP contribution in [0.3, 0.4) is 0 Å². The molecule has 25 heavy (non-hydrogen) atoms. The van der Waals surface area contributed by atoms with Gasteiger partial charge in [-0.1, -0.05) is 23.7 Å². The predicted octanol–water partition coefficient (Wildman–Crippen LogP) is 4.56. The number of hydrogen-bond donors (Lipinski definition) is 0. The van der Waals surface area contributed by atoms with E-state index in [1.54, 1.807) is 37.6 Å². The van der Waals surface area contributed by atoms with Crippen LogP contribution in [-0.4, -0.2) is 15.9 Å². The SMILES string of the molecule is Cc1nc2scc(-c3ccco3)c2c(=O)n1/N=C/c1ccc(Cl)cc1. The van der Waals surface area contributed by atoms with Gasteiger partial charge in [0.05, 0.1) is 17.9 Å². The van der Waals surface area contributed by atoms with Crippen molar-refractivity contribution in [1.29, 1.82) is 0 Å². The van der Waals surface area contributed by atoms with Crippen LogP contribution in [0.2, 0.25) is 5.02 Å². The van der Waals surface area contributed by atoms with Gasteiger partial charge in [0.15, 0.2) is 0 Å². The minimum absolute atomic E-state index is 0.222. The van der Waals surface area contributed by atoms with Gasteiger partial charge in [-0.05, 0) is 36.8 Å². The Morgan fingerprint density at radius 1 is 1.28 bits per heavy atom. The molecule has 0 spiro atoms. The zero-order valence-corrected chi connectivity index (χ0v) is 14.7. The van der Waals surface area contributed by atoms with Gasteiger partial charge in [-0.3, -0.25) is 4.79 Å². The van der Waals surface area contributed by atoms with Gasteiger partial charge in [0, 0.05) is 16.0 Å². The number of benzene rings is 1. The van der Waals surface area contributed by atoms with E-state index >= 15 is 0 Å². The zero-order chi connectivity index (χ0) is 17.4. The molecule has 124 valence electrons. The molecule has 0 aliphatic carbocycles. The molecule has 0 radical (unpaired) electrons. The number of nitrogens with zero attached hydrogens (tertiary/aromatic N) is 3. The molecule has 3 aromatic heterocycles. The molecule has 7 heteroatoms. The van der Waals surface area contributed by atoms with Gasteiger partial charge in [0.25, 0.3) is 5.56 Å². The van der Waals surface area contributed by atoms with Gasteiger partial charge in [-0.2, -0.15) is 9.78 Å². The molecule has 0 bridgehead atoms. The molecule has 1 aromatic carbocycles. The summed E-state index contributed by atoms with van der Waals surface area (Å²) < 4.78 is 6.73. The van der Waals surface area contributed by atoms with Crippen molar-refractivity contribution in [2.75, 3.05) is 0 Å². The smallest absolute Gasteiger partial charge is 0.283 e. The minimum Gasteiger partial charge on any atom is -0.464 e. The lowest BCUT2D eigenvalue weighted by Crippen LogP contribution is -2.20. The summed E-state index contributed by atoms with van der Waals surface area (Å²) in [5.74, 6) is 1.16. The molecule has 0 aliphatic rings. The standard InChI is InChI=1S/C18H12ClN3O2S/c1-11-21-17-16(14(10-25-17)15-3-2-8-24-15)18(23)22(11)20-9-12-4-6-13(19)7-5-12/h2-10H,1H3/b20-9+. The van der Waals surface area contributed by atoms with E-state index < -0.39 is 0 Å². The Morgan fingerprint density at radius 2 is 2.08 bits per heavy atom. The molecule has 0 saturated carbocycles. The highest BCUT2D eigenvalue weighted by Gasteiger charge is 2.16. The normalized spacial score (nSPS) is 11.6. The lowest BCUT2D eigenvalue weighted by Gasteiger charge is -2.04. The maximum atomic E-state index is 13.0. The summed E-state index contributed by atoms with van der Waals surface area (Å²) in [5.41, 5.74) is 1.35. The lowest BCUT2D eigenvalue weighted by molar-refractivity contribution is 0.583. The van der Waals surface area contributed by atoms with Gasteiger partial charge >= 0.3 is 0 Å². The van der Waals surface area contributed by atoms with Crippen molar-refractivity contribution < 1.29 is 4.42 Å². The van der Waals surface area contributed by atoms with Crippen LogP contribution in [0.5, 0.6) is 0 Å². The number of halogens is 1. The van der Waals surface area contributed by atoms with Crippen molar-refractivity contribution in [3.05, 3.63) is 74.8 Å². The maximum Gasteiger partial charge on any atom is 0.283 e. The summed E-state index contributed by atoms with van der Waals surface area (Å²) in [6.07, 6.45) is 3.19. The van der Waals surface area contributed by atoms with Gasteiger partial charge in [0.1, 0.15) is 16.4 Å². The molecule has 5 nitrogen and oxygen atoms in total. The van der Waals surface area contributed by atoms with Crippen LogP contribution in [0.1, 0.15) is 11.4 Å². The van der Waals surface area contributed by atoms with Crippen LogP contribution in [-0.2, 0) is 0 Å². The third-order valence-electron chi connectivity index (χ3n) is 3.73. The number of hydrogen-bond acceptors (Lipinski definition) is 5. The third kappa shape index (κ3) is 2.90. The fourth-order valence-corrected chi connectivity index (χ4v) is 3.60. The van der Waals surface area contributed by atoms with Crippen molar-refractivity contribution in [3.63, 3.8) is 0 Å². The van der Waals surface area contributed by atoms with Crippen LogP contribution in [0.15, 0.2) is 62.4 Å². The van der Waals surface area contributed by atoms with Crippen LogP contribution < -0.4 is 5.56 Å². The molecule has 0 atom stereocenters. The van der Waals surface area contributed by atoms with E-state index in [0.717, 1.165) is 11.1 Å². The summed E-state index contributed by atoms with van der Waals surface area (Å²) in [7, 11) is 0. The summed E-state index contributed by atoms with van der Waals surface area (Å²) in [5, 5.41) is 7.35. The fraction of sp³-hybridized carbons (Fsp3) is 0.0556. The van der Waals surface area contributed by atoms with Crippen LogP contribution in [0.4, 0.5) is 0 Å². The van der Waals surface area contributed by atoms with E-state index in [4.69, 9.17) is 16.0 Å². The second-order valence-electron chi connectivity index (χ2n) is 5.38. The van der Waals surface area contributed by atoms with E-state index in [1.807, 2.05) is 23.6 Å². The van der Waals surface area contributed by atoms with Crippen molar-refractivity contribution in [2.45, 2.75) is 6.92 Å². The van der Waals surface area contributed by atoms with Gasteiger partial charge in [0.2, 0.25) is 0 Å². The average Bonchev–Trinajstić information content (AvgIpc) is 3.25. The largest absolute Gasteiger partial charge is 0.464 e. The Labute approximate surface area is 151 Å². The Hall–Kier alpha value is -2.70. The Bertz CT molecular complexity index is 1130. The van der Waals surface area contributed by atoms with Crippen LogP contribution in [0.25, 0.3) is 21.5 Å². The molecule has 0 amide bonds. The fourth-order valence-electron chi connectivity index (χ4n) is 2.51. The molecule has 0 N–H and O–H groups in total. The summed E-state index contributed by atoms with van der Waals surface area (Å²) in [4.78, 5) is 18.1. The van der Waals surface area contributed by atoms with E-state index in [1.165, 1.54) is 16.0 Å². The number of aryl methyl sites for hydroxylation is 1. The second-order valence-corrected chi connectivity index (χ2v) is 6.67. The van der Waals surface area contributed by atoms with Crippen LogP contribution in [0, 0.1) is 6.92 Å². The van der Waals surface area contributed by atoms with E-state index in [0.29, 0.717) is 26.8 Å². The Kier molecular flexibility index (Phi) is 3.99. The quantitative estimate of drug-likeness (QED) is 0.497. The molecule has 4 rings (SSSR count). The molecule has 0 aliphatic heterocycles. The Balaban J connectivity index is 1.85. The molecule has 3 heterocycles. The van der Waals surface area contributed by atoms with Crippen LogP contribution >= 0.6 is 22.9 Å². The number of rotatable bonds is 3. The van der Waals surface area contributed by atoms with E-state index in [9.17, 15) is 4.79 Å². The highest BCUT2D eigenvalue weighted by molar-refractivity contribution is 7.17. The van der Waals surface area contributed by atoms with Crippen molar-refractivity contribution in [2.24, 2.45) is 5.10 Å². The molecule has 4 aromatic rings. The number of thiophene rings is 1. The summed E-state index contributed by atoms with van der Waals surface area (Å²) in [6, 6.07) is 10.8. The number of furan rings is 1. The Morgan fingerprint density at radius 3 is 2.80 bits per heavy atom. The molecule has 0 unspecified atom stereocenters. The summed E-state index contributed by atoms with van der Waals surface area (Å²) in [6.45, 7) is 1.76. The van der Waals surface area contributed by atoms with E-state index in [-0.39, 0.29) is 5.56 Å². The topological polar surface area (TPSA) is 60.4 Å². The van der Waals surface area contributed by atoms with Crippen molar-refractivity contribution >= 4 is 39.4 Å². The molecule has 0 saturated heterocycles. The zero-order valence-electron chi connectivity index (χ0n) is 13.1. The minimum atomic E-state index is -0.222. The highest BCUT2D eigenvalue weighted by atomic mass is 35.5. The molecular formula is C18H12ClN3O2S.